The number of rotatable bonds is 13. The Balaban J connectivity index is 2.49. The van der Waals surface area contributed by atoms with Crippen LogP contribution in [0.25, 0.3) is 0 Å². The van der Waals surface area contributed by atoms with E-state index < -0.39 is 28.5 Å². The Bertz CT molecular complexity index is 1150. The van der Waals surface area contributed by atoms with Gasteiger partial charge in [-0.3, -0.25) is 13.9 Å². The van der Waals surface area contributed by atoms with Gasteiger partial charge >= 0.3 is 0 Å². The van der Waals surface area contributed by atoms with E-state index in [4.69, 9.17) is 14.2 Å². The molecule has 10 nitrogen and oxygen atoms in total. The Morgan fingerprint density at radius 1 is 0.972 bits per heavy atom. The Kier molecular flexibility index (Phi) is 10.4. The van der Waals surface area contributed by atoms with Gasteiger partial charge in [-0.25, -0.2) is 8.42 Å². The van der Waals surface area contributed by atoms with Crippen LogP contribution in [0.15, 0.2) is 42.5 Å². The minimum absolute atomic E-state index is 0.0925. The van der Waals surface area contributed by atoms with Crippen molar-refractivity contribution in [3.8, 4) is 17.2 Å². The van der Waals surface area contributed by atoms with Crippen LogP contribution in [0.2, 0.25) is 0 Å². The van der Waals surface area contributed by atoms with Crippen molar-refractivity contribution in [1.82, 2.24) is 10.2 Å². The average molecular weight is 522 g/mol. The SMILES string of the molecule is CCNC(=O)C(CC)N(Cc1cccc(OC)c1)C(=O)CN(c1ccc(OC)c(OC)c1)S(C)(=O)=O. The van der Waals surface area contributed by atoms with Crippen LogP contribution in [0.4, 0.5) is 5.69 Å². The van der Waals surface area contributed by atoms with Crippen molar-refractivity contribution in [3.05, 3.63) is 48.0 Å². The number of nitrogens with zero attached hydrogens (tertiary/aromatic N) is 2. The highest BCUT2D eigenvalue weighted by atomic mass is 32.2. The molecule has 2 rings (SSSR count). The van der Waals surface area contributed by atoms with Gasteiger partial charge in [0.15, 0.2) is 11.5 Å². The van der Waals surface area contributed by atoms with Gasteiger partial charge in [0.2, 0.25) is 21.8 Å². The van der Waals surface area contributed by atoms with E-state index in [0.29, 0.717) is 30.2 Å². The zero-order valence-electron chi connectivity index (χ0n) is 21.6. The van der Waals surface area contributed by atoms with Crippen LogP contribution in [-0.2, 0) is 26.2 Å². The van der Waals surface area contributed by atoms with Crippen LogP contribution in [-0.4, -0.2) is 71.8 Å². The van der Waals surface area contributed by atoms with E-state index in [1.165, 1.54) is 31.3 Å². The number of likely N-dealkylation sites (N-methyl/N-ethyl adjacent to an activating group) is 1. The molecule has 1 unspecified atom stereocenters. The molecule has 0 fully saturated rings. The van der Waals surface area contributed by atoms with Crippen molar-refractivity contribution in [1.29, 1.82) is 0 Å². The molecule has 0 aromatic heterocycles. The van der Waals surface area contributed by atoms with Gasteiger partial charge in [-0.1, -0.05) is 19.1 Å². The highest BCUT2D eigenvalue weighted by Crippen LogP contribution is 2.32. The van der Waals surface area contributed by atoms with E-state index in [1.807, 2.05) is 6.07 Å². The van der Waals surface area contributed by atoms with Crippen molar-refractivity contribution in [3.63, 3.8) is 0 Å². The van der Waals surface area contributed by atoms with Gasteiger partial charge in [-0.05, 0) is 43.2 Å². The van der Waals surface area contributed by atoms with Gasteiger partial charge in [-0.15, -0.1) is 0 Å². The van der Waals surface area contributed by atoms with E-state index in [2.05, 4.69) is 5.32 Å². The minimum atomic E-state index is -3.87. The summed E-state index contributed by atoms with van der Waals surface area (Å²) in [7, 11) is 0.578. The third-order valence-corrected chi connectivity index (χ3v) is 6.70. The number of ether oxygens (including phenoxy) is 3. The first-order valence-corrected chi connectivity index (χ1v) is 13.3. The van der Waals surface area contributed by atoms with Gasteiger partial charge in [0.1, 0.15) is 18.3 Å². The zero-order valence-corrected chi connectivity index (χ0v) is 22.4. The smallest absolute Gasteiger partial charge is 0.244 e. The fourth-order valence-electron chi connectivity index (χ4n) is 3.77. The quantitative estimate of drug-likeness (QED) is 0.431. The topological polar surface area (TPSA) is 114 Å². The summed E-state index contributed by atoms with van der Waals surface area (Å²) in [6, 6.07) is 10.9. The molecule has 0 aliphatic carbocycles. The number of anilines is 1. The van der Waals surface area contributed by atoms with E-state index in [1.54, 1.807) is 45.2 Å². The lowest BCUT2D eigenvalue weighted by Crippen LogP contribution is -2.52. The second kappa shape index (κ2) is 13.0. The second-order valence-corrected chi connectivity index (χ2v) is 9.91. The fourth-order valence-corrected chi connectivity index (χ4v) is 4.61. The summed E-state index contributed by atoms with van der Waals surface area (Å²) < 4.78 is 42.3. The minimum Gasteiger partial charge on any atom is -0.497 e. The molecule has 11 heteroatoms. The molecule has 1 N–H and O–H groups in total. The number of methoxy groups -OCH3 is 3. The maximum Gasteiger partial charge on any atom is 0.244 e. The molecular weight excluding hydrogens is 486 g/mol. The van der Waals surface area contributed by atoms with E-state index in [9.17, 15) is 18.0 Å². The number of sulfonamides is 1. The van der Waals surface area contributed by atoms with E-state index in [0.717, 1.165) is 16.1 Å². The predicted octanol–water partition coefficient (Wildman–Crippen LogP) is 2.42. The van der Waals surface area contributed by atoms with Crippen LogP contribution >= 0.6 is 0 Å². The summed E-state index contributed by atoms with van der Waals surface area (Å²) in [6.07, 6.45) is 1.36. The molecule has 1 atom stereocenters. The lowest BCUT2D eigenvalue weighted by molar-refractivity contribution is -0.140. The Morgan fingerprint density at radius 2 is 1.67 bits per heavy atom. The lowest BCUT2D eigenvalue weighted by atomic mass is 10.1. The van der Waals surface area contributed by atoms with Crippen molar-refractivity contribution < 1.29 is 32.2 Å². The molecule has 0 heterocycles. The summed E-state index contributed by atoms with van der Waals surface area (Å²) >= 11 is 0. The Morgan fingerprint density at radius 3 is 2.22 bits per heavy atom. The van der Waals surface area contributed by atoms with E-state index >= 15 is 0 Å². The normalized spacial score (nSPS) is 11.8. The van der Waals surface area contributed by atoms with Crippen molar-refractivity contribution in [2.45, 2.75) is 32.9 Å². The number of carbonyl (C=O) groups is 2. The number of benzene rings is 2. The van der Waals surface area contributed by atoms with Gasteiger partial charge in [0.25, 0.3) is 0 Å². The molecule has 198 valence electrons. The highest BCUT2D eigenvalue weighted by Gasteiger charge is 2.32. The number of hydrogen-bond acceptors (Lipinski definition) is 7. The molecule has 2 aromatic carbocycles. The van der Waals surface area contributed by atoms with Gasteiger partial charge in [0.05, 0.1) is 33.3 Å². The van der Waals surface area contributed by atoms with Gasteiger partial charge in [-0.2, -0.15) is 0 Å². The second-order valence-electron chi connectivity index (χ2n) is 8.00. The molecule has 0 spiro atoms. The number of nitrogens with one attached hydrogen (secondary N) is 1. The first-order chi connectivity index (χ1) is 17.1. The molecule has 0 saturated heterocycles. The summed E-state index contributed by atoms with van der Waals surface area (Å²) in [5.74, 6) is 0.500. The average Bonchev–Trinajstić information content (AvgIpc) is 2.86. The van der Waals surface area contributed by atoms with Crippen molar-refractivity contribution in [2.75, 3.05) is 45.0 Å². The molecule has 2 aromatic rings. The third-order valence-electron chi connectivity index (χ3n) is 5.56. The highest BCUT2D eigenvalue weighted by molar-refractivity contribution is 7.92. The van der Waals surface area contributed by atoms with Crippen LogP contribution < -0.4 is 23.8 Å². The summed E-state index contributed by atoms with van der Waals surface area (Å²) in [5.41, 5.74) is 0.971. The van der Waals surface area contributed by atoms with E-state index in [-0.39, 0.29) is 18.1 Å². The maximum atomic E-state index is 13.7. The molecule has 0 aliphatic rings. The molecule has 0 bridgehead atoms. The molecule has 0 saturated carbocycles. The Hall–Kier alpha value is -3.47. The largest absolute Gasteiger partial charge is 0.497 e. The maximum absolute atomic E-state index is 13.7. The first-order valence-electron chi connectivity index (χ1n) is 11.5. The van der Waals surface area contributed by atoms with Crippen LogP contribution in [0.3, 0.4) is 0 Å². The molecule has 36 heavy (non-hydrogen) atoms. The third kappa shape index (κ3) is 7.27. The lowest BCUT2D eigenvalue weighted by Gasteiger charge is -2.33. The monoisotopic (exact) mass is 521 g/mol. The van der Waals surface area contributed by atoms with Crippen molar-refractivity contribution >= 4 is 27.5 Å². The molecule has 0 aliphatic heterocycles. The standard InChI is InChI=1S/C25H35N3O7S/c1-7-21(25(30)26-8-2)27(16-18-10-9-11-20(14-18)33-3)24(29)17-28(36(6,31)32)19-12-13-22(34-4)23(15-19)35-5/h9-15,21H,7-8,16-17H2,1-6H3,(H,26,30). The summed E-state index contributed by atoms with van der Waals surface area (Å²) in [6.45, 7) is 3.58. The van der Waals surface area contributed by atoms with Gasteiger partial charge in [0, 0.05) is 19.2 Å². The summed E-state index contributed by atoms with van der Waals surface area (Å²) in [5, 5.41) is 2.76. The van der Waals surface area contributed by atoms with Crippen LogP contribution in [0.5, 0.6) is 17.2 Å². The first kappa shape index (κ1) is 28.8. The predicted molar refractivity (Wildman–Crippen MR) is 138 cm³/mol. The number of amides is 2. The Labute approximate surface area is 213 Å². The molecule has 2 amide bonds. The van der Waals surface area contributed by atoms with Crippen molar-refractivity contribution in [2.24, 2.45) is 0 Å². The zero-order chi connectivity index (χ0) is 26.9. The molecule has 0 radical (unpaired) electrons. The number of carbonyl (C=O) groups excluding carboxylic acids is 2. The number of hydrogen-bond donors (Lipinski definition) is 1. The van der Waals surface area contributed by atoms with Crippen LogP contribution in [0.1, 0.15) is 25.8 Å². The molecular formula is C25H35N3O7S. The fraction of sp³-hybridized carbons (Fsp3) is 0.440. The van der Waals surface area contributed by atoms with Gasteiger partial charge < -0.3 is 24.4 Å². The van der Waals surface area contributed by atoms with Crippen LogP contribution in [0, 0.1) is 0 Å². The summed E-state index contributed by atoms with van der Waals surface area (Å²) in [4.78, 5) is 27.9.